The standard InChI is InChI=1S/C51H98O6/c1-5-7-9-11-13-15-16-19-24-28-32-36-40-44-51(54)57-48(45-55-49(52)42-38-34-30-25-14-12-10-8-6-2)46-56-50(53)43-39-35-31-27-23-21-18-17-20-22-26-29-33-37-41-47(3)4/h47-48H,5-46H2,1-4H3/t48-/m0/s1. The van der Waals surface area contributed by atoms with Gasteiger partial charge in [0.1, 0.15) is 13.2 Å². The van der Waals surface area contributed by atoms with Crippen molar-refractivity contribution in [3.63, 3.8) is 0 Å². The van der Waals surface area contributed by atoms with E-state index in [-0.39, 0.29) is 31.1 Å². The van der Waals surface area contributed by atoms with Gasteiger partial charge < -0.3 is 14.2 Å². The summed E-state index contributed by atoms with van der Waals surface area (Å²) in [6, 6.07) is 0. The van der Waals surface area contributed by atoms with Crippen LogP contribution in [0.2, 0.25) is 0 Å². The molecule has 0 aliphatic rings. The Morgan fingerprint density at radius 2 is 0.579 bits per heavy atom. The molecule has 0 heterocycles. The first kappa shape index (κ1) is 55.4. The maximum Gasteiger partial charge on any atom is 0.306 e. The number of carbonyl (C=O) groups is 3. The van der Waals surface area contributed by atoms with Crippen LogP contribution in [0.5, 0.6) is 0 Å². The Kier molecular flexibility index (Phi) is 44.2. The fourth-order valence-corrected chi connectivity index (χ4v) is 7.69. The summed E-state index contributed by atoms with van der Waals surface area (Å²) in [5.74, 6) is -0.00315. The molecule has 0 amide bonds. The molecule has 57 heavy (non-hydrogen) atoms. The van der Waals surface area contributed by atoms with Gasteiger partial charge in [-0.05, 0) is 25.2 Å². The van der Waals surface area contributed by atoms with E-state index in [1.54, 1.807) is 0 Å². The monoisotopic (exact) mass is 807 g/mol. The zero-order valence-electron chi connectivity index (χ0n) is 38.8. The summed E-state index contributed by atoms with van der Waals surface area (Å²) >= 11 is 0. The van der Waals surface area contributed by atoms with E-state index in [0.29, 0.717) is 19.3 Å². The molecule has 0 radical (unpaired) electrons. The predicted molar refractivity (Wildman–Crippen MR) is 243 cm³/mol. The van der Waals surface area contributed by atoms with Crippen LogP contribution in [0.15, 0.2) is 0 Å². The molecule has 0 aliphatic carbocycles. The third-order valence-corrected chi connectivity index (χ3v) is 11.5. The van der Waals surface area contributed by atoms with Crippen LogP contribution in [0, 0.1) is 5.92 Å². The van der Waals surface area contributed by atoms with Crippen molar-refractivity contribution in [2.75, 3.05) is 13.2 Å². The van der Waals surface area contributed by atoms with E-state index in [2.05, 4.69) is 27.7 Å². The molecule has 0 aromatic carbocycles. The zero-order valence-corrected chi connectivity index (χ0v) is 38.8. The number of esters is 3. The van der Waals surface area contributed by atoms with Crippen LogP contribution in [-0.2, 0) is 28.6 Å². The molecule has 0 saturated heterocycles. The van der Waals surface area contributed by atoms with Crippen LogP contribution in [-0.4, -0.2) is 37.2 Å². The van der Waals surface area contributed by atoms with Crippen molar-refractivity contribution in [2.24, 2.45) is 5.92 Å². The van der Waals surface area contributed by atoms with Gasteiger partial charge in [0.25, 0.3) is 0 Å². The number of carbonyl (C=O) groups excluding carboxylic acids is 3. The van der Waals surface area contributed by atoms with Crippen molar-refractivity contribution in [3.8, 4) is 0 Å². The van der Waals surface area contributed by atoms with Crippen LogP contribution in [0.4, 0.5) is 0 Å². The van der Waals surface area contributed by atoms with E-state index in [9.17, 15) is 14.4 Å². The Morgan fingerprint density at radius 1 is 0.333 bits per heavy atom. The Balaban J connectivity index is 4.25. The molecule has 1 atom stereocenters. The second-order valence-electron chi connectivity index (χ2n) is 17.9. The summed E-state index contributed by atoms with van der Waals surface area (Å²) in [6.07, 6.45) is 46.6. The first-order chi connectivity index (χ1) is 27.9. The average Bonchev–Trinajstić information content (AvgIpc) is 3.19. The smallest absolute Gasteiger partial charge is 0.306 e. The largest absolute Gasteiger partial charge is 0.462 e. The summed E-state index contributed by atoms with van der Waals surface area (Å²) in [7, 11) is 0. The lowest BCUT2D eigenvalue weighted by Gasteiger charge is -2.18. The summed E-state index contributed by atoms with van der Waals surface area (Å²) in [4.78, 5) is 37.8. The molecule has 0 spiro atoms. The molecule has 0 rings (SSSR count). The van der Waals surface area contributed by atoms with Gasteiger partial charge in [0.05, 0.1) is 0 Å². The summed E-state index contributed by atoms with van der Waals surface area (Å²) in [5, 5.41) is 0. The number of unbranched alkanes of at least 4 members (excludes halogenated alkanes) is 33. The third kappa shape index (κ3) is 45.3. The maximum absolute atomic E-state index is 12.7. The molecule has 0 aromatic rings. The van der Waals surface area contributed by atoms with Crippen LogP contribution in [0.1, 0.15) is 285 Å². The topological polar surface area (TPSA) is 78.9 Å². The minimum absolute atomic E-state index is 0.0629. The predicted octanol–water partition coefficient (Wildman–Crippen LogP) is 16.3. The number of ether oxygens (including phenoxy) is 3. The van der Waals surface area contributed by atoms with Gasteiger partial charge in [-0.1, -0.05) is 246 Å². The molecule has 0 saturated carbocycles. The molecule has 6 heteroatoms. The quantitative estimate of drug-likeness (QED) is 0.0346. The maximum atomic E-state index is 12.7. The summed E-state index contributed by atoms with van der Waals surface area (Å²) in [5.41, 5.74) is 0. The first-order valence-corrected chi connectivity index (χ1v) is 25.4. The lowest BCUT2D eigenvalue weighted by molar-refractivity contribution is -0.167. The lowest BCUT2D eigenvalue weighted by atomic mass is 10.0. The van der Waals surface area contributed by atoms with Crippen molar-refractivity contribution in [1.82, 2.24) is 0 Å². The fourth-order valence-electron chi connectivity index (χ4n) is 7.69. The van der Waals surface area contributed by atoms with Gasteiger partial charge in [-0.25, -0.2) is 0 Å². The fraction of sp³-hybridized carbons (Fsp3) is 0.941. The number of hydrogen-bond acceptors (Lipinski definition) is 6. The van der Waals surface area contributed by atoms with Crippen LogP contribution >= 0.6 is 0 Å². The molecule has 0 bridgehead atoms. The molecule has 0 N–H and O–H groups in total. The van der Waals surface area contributed by atoms with Gasteiger partial charge in [-0.15, -0.1) is 0 Å². The van der Waals surface area contributed by atoms with Gasteiger partial charge in [0.2, 0.25) is 0 Å². The third-order valence-electron chi connectivity index (χ3n) is 11.5. The van der Waals surface area contributed by atoms with E-state index in [1.165, 1.54) is 180 Å². The second-order valence-corrected chi connectivity index (χ2v) is 17.9. The van der Waals surface area contributed by atoms with Crippen LogP contribution < -0.4 is 0 Å². The van der Waals surface area contributed by atoms with Gasteiger partial charge in [0.15, 0.2) is 6.10 Å². The molecule has 6 nitrogen and oxygen atoms in total. The van der Waals surface area contributed by atoms with Crippen molar-refractivity contribution < 1.29 is 28.6 Å². The van der Waals surface area contributed by atoms with Crippen LogP contribution in [0.25, 0.3) is 0 Å². The highest BCUT2D eigenvalue weighted by molar-refractivity contribution is 5.71. The lowest BCUT2D eigenvalue weighted by Crippen LogP contribution is -2.30. The summed E-state index contributed by atoms with van der Waals surface area (Å²) in [6.45, 7) is 9.01. The zero-order chi connectivity index (χ0) is 41.7. The Bertz CT molecular complexity index is 857. The van der Waals surface area contributed by atoms with Crippen molar-refractivity contribution in [2.45, 2.75) is 291 Å². The Morgan fingerprint density at radius 3 is 0.860 bits per heavy atom. The average molecular weight is 807 g/mol. The molecule has 0 aliphatic heterocycles. The Hall–Kier alpha value is -1.59. The van der Waals surface area contributed by atoms with Crippen LogP contribution in [0.3, 0.4) is 0 Å². The molecular weight excluding hydrogens is 709 g/mol. The van der Waals surface area contributed by atoms with E-state index in [1.807, 2.05) is 0 Å². The van der Waals surface area contributed by atoms with E-state index < -0.39 is 6.10 Å². The highest BCUT2D eigenvalue weighted by Crippen LogP contribution is 2.17. The molecule has 0 fully saturated rings. The van der Waals surface area contributed by atoms with E-state index >= 15 is 0 Å². The first-order valence-electron chi connectivity index (χ1n) is 25.4. The molecular formula is C51H98O6. The molecule has 338 valence electrons. The highest BCUT2D eigenvalue weighted by atomic mass is 16.6. The number of rotatable bonds is 46. The SMILES string of the molecule is CCCCCCCCCCCCCCCC(=O)O[C@@H](COC(=O)CCCCCCCCCCC)COC(=O)CCCCCCCCCCCCCCCCC(C)C. The van der Waals surface area contributed by atoms with Crippen molar-refractivity contribution in [1.29, 1.82) is 0 Å². The van der Waals surface area contributed by atoms with Gasteiger partial charge in [-0.3, -0.25) is 14.4 Å². The molecule has 0 unspecified atom stereocenters. The minimum Gasteiger partial charge on any atom is -0.462 e. The van der Waals surface area contributed by atoms with Gasteiger partial charge in [0, 0.05) is 19.3 Å². The highest BCUT2D eigenvalue weighted by Gasteiger charge is 2.19. The normalized spacial score (nSPS) is 11.9. The number of hydrogen-bond donors (Lipinski definition) is 0. The minimum atomic E-state index is -0.759. The van der Waals surface area contributed by atoms with E-state index in [0.717, 1.165) is 63.7 Å². The summed E-state index contributed by atoms with van der Waals surface area (Å²) < 4.78 is 16.8. The van der Waals surface area contributed by atoms with Crippen molar-refractivity contribution in [3.05, 3.63) is 0 Å². The second kappa shape index (κ2) is 45.5. The van der Waals surface area contributed by atoms with Gasteiger partial charge >= 0.3 is 17.9 Å². The Labute approximate surface area is 355 Å². The van der Waals surface area contributed by atoms with E-state index in [4.69, 9.17) is 14.2 Å². The molecule has 0 aromatic heterocycles. The van der Waals surface area contributed by atoms with Crippen molar-refractivity contribution >= 4 is 17.9 Å². The van der Waals surface area contributed by atoms with Gasteiger partial charge in [-0.2, -0.15) is 0 Å².